The fraction of sp³-hybridized carbons (Fsp3) is 0.891. The van der Waals surface area contributed by atoms with E-state index in [-0.39, 0.29) is 36.2 Å². The van der Waals surface area contributed by atoms with Gasteiger partial charge in [-0.3, -0.25) is 9.59 Å². The molecule has 1 N–H and O–H groups in total. The Morgan fingerprint density at radius 3 is 1.39 bits per heavy atom. The lowest BCUT2D eigenvalue weighted by molar-refractivity contribution is -0.887. The van der Waals surface area contributed by atoms with Crippen molar-refractivity contribution in [2.45, 2.75) is 225 Å². The number of hydrogen-bond donors (Lipinski definition) is 1. The summed E-state index contributed by atoms with van der Waals surface area (Å²) in [5, 5.41) is 9.61. The lowest BCUT2D eigenvalue weighted by Crippen LogP contribution is -2.50. The fourth-order valence-corrected chi connectivity index (χ4v) is 6.84. The average molecular weight is 767 g/mol. The third kappa shape index (κ3) is 35.8. The van der Waals surface area contributed by atoms with Gasteiger partial charge in [0.15, 0.2) is 12.1 Å². The molecule has 0 spiro atoms. The zero-order valence-electron chi connectivity index (χ0n) is 36.2. The van der Waals surface area contributed by atoms with E-state index in [1.165, 1.54) is 128 Å². The second-order valence-electron chi connectivity index (χ2n) is 16.7. The van der Waals surface area contributed by atoms with E-state index in [1.54, 1.807) is 0 Å². The number of allylic oxidation sites excluding steroid dienone is 2. The third-order valence-electron chi connectivity index (χ3n) is 10.4. The largest absolute Gasteiger partial charge is 0.477 e. The van der Waals surface area contributed by atoms with Crippen molar-refractivity contribution in [2.24, 2.45) is 0 Å². The maximum absolute atomic E-state index is 12.7. The molecule has 0 aromatic rings. The molecule has 0 amide bonds. The number of nitrogens with zero attached hydrogens (tertiary/aromatic N) is 1. The molecule has 0 saturated carbocycles. The van der Waals surface area contributed by atoms with Crippen LogP contribution in [0.4, 0.5) is 0 Å². The minimum atomic E-state index is -0.874. The summed E-state index contributed by atoms with van der Waals surface area (Å²) >= 11 is 0. The number of carboxylic acid groups (broad SMARTS) is 1. The van der Waals surface area contributed by atoms with Gasteiger partial charge in [-0.1, -0.05) is 174 Å². The molecule has 0 rings (SSSR count). The summed E-state index contributed by atoms with van der Waals surface area (Å²) in [7, 11) is 5.53. The molecule has 0 fully saturated rings. The number of carboxylic acids is 1. The van der Waals surface area contributed by atoms with Gasteiger partial charge in [-0.05, 0) is 32.1 Å². The van der Waals surface area contributed by atoms with Gasteiger partial charge in [0.2, 0.25) is 0 Å². The summed E-state index contributed by atoms with van der Waals surface area (Å²) in [6, 6.07) is -0.611. The minimum Gasteiger partial charge on any atom is -0.477 e. The van der Waals surface area contributed by atoms with Crippen LogP contribution >= 0.6 is 0 Å². The van der Waals surface area contributed by atoms with Gasteiger partial charge in [0.25, 0.3) is 0 Å². The zero-order valence-corrected chi connectivity index (χ0v) is 36.2. The van der Waals surface area contributed by atoms with Crippen LogP contribution in [0.25, 0.3) is 0 Å². The van der Waals surface area contributed by atoms with Gasteiger partial charge < -0.3 is 23.8 Å². The first-order chi connectivity index (χ1) is 26.1. The molecule has 2 unspecified atom stereocenters. The summed E-state index contributed by atoms with van der Waals surface area (Å²) in [6.07, 6.45) is 39.7. The van der Waals surface area contributed by atoms with E-state index in [2.05, 4.69) is 26.0 Å². The van der Waals surface area contributed by atoms with E-state index < -0.39 is 18.1 Å². The van der Waals surface area contributed by atoms with Crippen LogP contribution in [0.1, 0.15) is 213 Å². The molecule has 8 nitrogen and oxygen atoms in total. The second-order valence-corrected chi connectivity index (χ2v) is 16.7. The molecule has 318 valence electrons. The Labute approximate surface area is 333 Å². The number of carbonyl (C=O) groups is 3. The van der Waals surface area contributed by atoms with Crippen molar-refractivity contribution >= 4 is 17.9 Å². The molecule has 2 atom stereocenters. The van der Waals surface area contributed by atoms with E-state index in [1.807, 2.05) is 21.1 Å². The SMILES string of the molecule is CCCC/C=C/CCCCCCCC(=O)OC(COCCC(C(=O)O)[N+](C)(C)C)COC(=O)CCCCCCCCCCCCCCCCCCCCC. The smallest absolute Gasteiger partial charge is 0.362 e. The normalized spacial score (nSPS) is 13.0. The van der Waals surface area contributed by atoms with Crippen molar-refractivity contribution in [3.05, 3.63) is 12.2 Å². The van der Waals surface area contributed by atoms with Crippen molar-refractivity contribution in [3.63, 3.8) is 0 Å². The summed E-state index contributed by atoms with van der Waals surface area (Å²) in [5.41, 5.74) is 0. The number of hydrogen-bond acceptors (Lipinski definition) is 6. The Hall–Kier alpha value is -1.93. The van der Waals surface area contributed by atoms with E-state index in [0.717, 1.165) is 51.4 Å². The monoisotopic (exact) mass is 767 g/mol. The molecule has 0 radical (unpaired) electrons. The number of likely N-dealkylation sites (N-methyl/N-ethyl adjacent to an activating group) is 1. The molecule has 0 heterocycles. The molecule has 0 aliphatic rings. The second kappa shape index (κ2) is 38.0. The number of rotatable bonds is 41. The molecule has 0 aliphatic heterocycles. The number of carbonyl (C=O) groups excluding carboxylic acids is 2. The highest BCUT2D eigenvalue weighted by molar-refractivity contribution is 5.72. The van der Waals surface area contributed by atoms with Crippen LogP contribution in [0.2, 0.25) is 0 Å². The molecule has 54 heavy (non-hydrogen) atoms. The van der Waals surface area contributed by atoms with Gasteiger partial charge in [-0.25, -0.2) is 4.79 Å². The zero-order chi connectivity index (χ0) is 40.0. The molecule has 0 aliphatic carbocycles. The van der Waals surface area contributed by atoms with Crippen LogP contribution in [0.3, 0.4) is 0 Å². The van der Waals surface area contributed by atoms with Gasteiger partial charge in [0, 0.05) is 19.3 Å². The Balaban J connectivity index is 4.22. The number of quaternary nitrogens is 1. The quantitative estimate of drug-likeness (QED) is 0.0286. The number of aliphatic carboxylic acids is 1. The predicted octanol–water partition coefficient (Wildman–Crippen LogP) is 12.3. The fourth-order valence-electron chi connectivity index (χ4n) is 6.84. The molecule has 0 aromatic carbocycles. The third-order valence-corrected chi connectivity index (χ3v) is 10.4. The van der Waals surface area contributed by atoms with E-state index in [4.69, 9.17) is 14.2 Å². The van der Waals surface area contributed by atoms with E-state index in [0.29, 0.717) is 19.3 Å². The van der Waals surface area contributed by atoms with Crippen molar-refractivity contribution in [2.75, 3.05) is 41.0 Å². The van der Waals surface area contributed by atoms with Gasteiger partial charge in [0.1, 0.15) is 6.61 Å². The molecular formula is C46H88NO7+. The molecule has 0 bridgehead atoms. The number of esters is 2. The Morgan fingerprint density at radius 2 is 0.944 bits per heavy atom. The molecule has 0 saturated heterocycles. The first-order valence-corrected chi connectivity index (χ1v) is 22.7. The summed E-state index contributed by atoms with van der Waals surface area (Å²) in [4.78, 5) is 36.9. The highest BCUT2D eigenvalue weighted by atomic mass is 16.6. The molecular weight excluding hydrogens is 679 g/mol. The highest BCUT2D eigenvalue weighted by Gasteiger charge is 2.31. The van der Waals surface area contributed by atoms with Crippen molar-refractivity contribution < 1.29 is 38.2 Å². The van der Waals surface area contributed by atoms with Crippen LogP contribution in [0, 0.1) is 0 Å². The predicted molar refractivity (Wildman–Crippen MR) is 225 cm³/mol. The van der Waals surface area contributed by atoms with Gasteiger partial charge in [0.05, 0.1) is 34.4 Å². The van der Waals surface area contributed by atoms with Crippen LogP contribution in [-0.2, 0) is 28.6 Å². The lowest BCUT2D eigenvalue weighted by atomic mass is 10.0. The summed E-state index contributed by atoms with van der Waals surface area (Å²) in [5.74, 6) is -1.47. The van der Waals surface area contributed by atoms with E-state index >= 15 is 0 Å². The van der Waals surface area contributed by atoms with E-state index in [9.17, 15) is 19.5 Å². The van der Waals surface area contributed by atoms with Gasteiger partial charge in [-0.15, -0.1) is 0 Å². The minimum absolute atomic E-state index is 0.0484. The van der Waals surface area contributed by atoms with Crippen molar-refractivity contribution in [1.29, 1.82) is 0 Å². The highest BCUT2D eigenvalue weighted by Crippen LogP contribution is 2.16. The summed E-state index contributed by atoms with van der Waals surface area (Å²) in [6.45, 7) is 4.71. The first kappa shape index (κ1) is 52.1. The lowest BCUT2D eigenvalue weighted by Gasteiger charge is -2.31. The van der Waals surface area contributed by atoms with Gasteiger partial charge in [-0.2, -0.15) is 0 Å². The number of ether oxygens (including phenoxy) is 3. The Bertz CT molecular complexity index is 900. The Kier molecular flexibility index (Phi) is 36.6. The van der Waals surface area contributed by atoms with Crippen LogP contribution in [0.15, 0.2) is 12.2 Å². The molecule has 8 heteroatoms. The van der Waals surface area contributed by atoms with Crippen LogP contribution in [0.5, 0.6) is 0 Å². The summed E-state index contributed by atoms with van der Waals surface area (Å²) < 4.78 is 17.3. The first-order valence-electron chi connectivity index (χ1n) is 22.7. The molecule has 0 aromatic heterocycles. The van der Waals surface area contributed by atoms with Crippen molar-refractivity contribution in [1.82, 2.24) is 0 Å². The Morgan fingerprint density at radius 1 is 0.537 bits per heavy atom. The standard InChI is InChI=1S/C46H87NO7/c1-6-8-10-12-14-16-18-19-20-21-22-23-24-25-27-28-30-32-34-36-44(48)53-41-42(40-52-39-38-43(46(50)51)47(3,4)5)54-45(49)37-35-33-31-29-26-17-15-13-11-9-7-2/h13,15,42-43H,6-12,14,16-41H2,1-5H3/p+1/b15-13+. The van der Waals surface area contributed by atoms with Crippen molar-refractivity contribution in [3.8, 4) is 0 Å². The van der Waals surface area contributed by atoms with Gasteiger partial charge >= 0.3 is 17.9 Å². The van der Waals surface area contributed by atoms with Crippen LogP contribution < -0.4 is 0 Å². The average Bonchev–Trinajstić information content (AvgIpc) is 3.12. The van der Waals surface area contributed by atoms with Crippen LogP contribution in [-0.4, -0.2) is 80.6 Å². The topological polar surface area (TPSA) is 99.1 Å². The maximum atomic E-state index is 12.7. The number of unbranched alkanes of at least 4 members (excludes halogenated alkanes) is 25. The maximum Gasteiger partial charge on any atom is 0.362 e.